The van der Waals surface area contributed by atoms with Gasteiger partial charge in [0.2, 0.25) is 10.0 Å². The molecule has 0 saturated heterocycles. The normalized spacial score (nSPS) is 14.8. The first kappa shape index (κ1) is 14.5. The van der Waals surface area contributed by atoms with E-state index in [9.17, 15) is 8.42 Å². The zero-order valence-electron chi connectivity index (χ0n) is 11.7. The van der Waals surface area contributed by atoms with Gasteiger partial charge >= 0.3 is 0 Å². The zero-order chi connectivity index (χ0) is 14.9. The molecule has 0 bridgehead atoms. The van der Waals surface area contributed by atoms with Crippen LogP contribution in [-0.2, 0) is 23.0 Å². The SMILES string of the molecule is CN(Cc1cscn1)S(=O)(=O)c1ccc2c(c1)NCCC2. The van der Waals surface area contributed by atoms with Crippen molar-refractivity contribution in [1.82, 2.24) is 9.29 Å². The van der Waals surface area contributed by atoms with Gasteiger partial charge in [0.15, 0.2) is 0 Å². The van der Waals surface area contributed by atoms with E-state index in [0.29, 0.717) is 4.90 Å². The van der Waals surface area contributed by atoms with Gasteiger partial charge in [0.1, 0.15) is 0 Å². The molecule has 7 heteroatoms. The Bertz CT molecular complexity index is 727. The Balaban J connectivity index is 1.87. The van der Waals surface area contributed by atoms with E-state index in [1.54, 1.807) is 24.7 Å². The first-order valence-corrected chi connectivity index (χ1v) is 9.16. The second-order valence-corrected chi connectivity index (χ2v) is 7.85. The fraction of sp³-hybridized carbons (Fsp3) is 0.357. The van der Waals surface area contributed by atoms with Crippen molar-refractivity contribution < 1.29 is 8.42 Å². The van der Waals surface area contributed by atoms with Crippen LogP contribution in [0.3, 0.4) is 0 Å². The highest BCUT2D eigenvalue weighted by Gasteiger charge is 2.23. The lowest BCUT2D eigenvalue weighted by Crippen LogP contribution is -2.27. The molecule has 0 amide bonds. The van der Waals surface area contributed by atoms with Crippen molar-refractivity contribution in [3.05, 3.63) is 40.3 Å². The number of hydrogen-bond donors (Lipinski definition) is 1. The number of aryl methyl sites for hydroxylation is 1. The van der Waals surface area contributed by atoms with Crippen molar-refractivity contribution in [1.29, 1.82) is 0 Å². The van der Waals surface area contributed by atoms with E-state index >= 15 is 0 Å². The minimum Gasteiger partial charge on any atom is -0.385 e. The van der Waals surface area contributed by atoms with E-state index in [1.165, 1.54) is 21.2 Å². The highest BCUT2D eigenvalue weighted by molar-refractivity contribution is 7.89. The van der Waals surface area contributed by atoms with E-state index in [2.05, 4.69) is 10.3 Å². The van der Waals surface area contributed by atoms with Crippen LogP contribution in [0.4, 0.5) is 5.69 Å². The minimum atomic E-state index is -3.49. The van der Waals surface area contributed by atoms with Crippen LogP contribution in [0, 0.1) is 0 Å². The van der Waals surface area contributed by atoms with Crippen LogP contribution in [0.5, 0.6) is 0 Å². The summed E-state index contributed by atoms with van der Waals surface area (Å²) in [7, 11) is -1.91. The third-order valence-electron chi connectivity index (χ3n) is 3.60. The van der Waals surface area contributed by atoms with Crippen molar-refractivity contribution in [2.75, 3.05) is 18.9 Å². The summed E-state index contributed by atoms with van der Waals surface area (Å²) in [5.74, 6) is 0. The highest BCUT2D eigenvalue weighted by atomic mass is 32.2. The molecule has 5 nitrogen and oxygen atoms in total. The van der Waals surface area contributed by atoms with E-state index in [4.69, 9.17) is 0 Å². The number of fused-ring (bicyclic) bond motifs is 1. The molecule has 3 rings (SSSR count). The number of nitrogens with one attached hydrogen (secondary N) is 1. The molecule has 0 spiro atoms. The maximum atomic E-state index is 12.6. The van der Waals surface area contributed by atoms with Gasteiger partial charge in [0.05, 0.1) is 22.6 Å². The van der Waals surface area contributed by atoms with Crippen LogP contribution in [0.15, 0.2) is 34.0 Å². The third-order valence-corrected chi connectivity index (χ3v) is 6.03. The van der Waals surface area contributed by atoms with Gasteiger partial charge in [-0.3, -0.25) is 0 Å². The molecule has 1 aromatic carbocycles. The third kappa shape index (κ3) is 2.95. The van der Waals surface area contributed by atoms with E-state index in [-0.39, 0.29) is 6.54 Å². The molecule has 2 heterocycles. The average Bonchev–Trinajstić information content (AvgIpc) is 2.99. The molecule has 2 aromatic rings. The number of benzene rings is 1. The van der Waals surface area contributed by atoms with Gasteiger partial charge in [0, 0.05) is 24.7 Å². The van der Waals surface area contributed by atoms with Crippen LogP contribution in [0.2, 0.25) is 0 Å². The van der Waals surface area contributed by atoms with Crippen LogP contribution < -0.4 is 5.32 Å². The first-order chi connectivity index (χ1) is 10.1. The van der Waals surface area contributed by atoms with Crippen molar-refractivity contribution in [3.63, 3.8) is 0 Å². The average molecular weight is 323 g/mol. The molecule has 1 aliphatic heterocycles. The number of aromatic nitrogens is 1. The molecule has 0 fully saturated rings. The van der Waals surface area contributed by atoms with Crippen LogP contribution >= 0.6 is 11.3 Å². The Kier molecular flexibility index (Phi) is 3.97. The van der Waals surface area contributed by atoms with Gasteiger partial charge in [-0.25, -0.2) is 13.4 Å². The smallest absolute Gasteiger partial charge is 0.243 e. The van der Waals surface area contributed by atoms with Crippen LogP contribution in [0.1, 0.15) is 17.7 Å². The van der Waals surface area contributed by atoms with Crippen molar-refractivity contribution >= 4 is 27.0 Å². The molecule has 0 saturated carbocycles. The van der Waals surface area contributed by atoms with Gasteiger partial charge in [-0.05, 0) is 30.5 Å². The Hall–Kier alpha value is -1.44. The summed E-state index contributed by atoms with van der Waals surface area (Å²) in [6.07, 6.45) is 2.08. The first-order valence-electron chi connectivity index (χ1n) is 6.77. The molecule has 1 aliphatic rings. The quantitative estimate of drug-likeness (QED) is 0.938. The van der Waals surface area contributed by atoms with Gasteiger partial charge in [-0.1, -0.05) is 6.07 Å². The maximum absolute atomic E-state index is 12.6. The lowest BCUT2D eigenvalue weighted by molar-refractivity contribution is 0.463. The molecule has 0 aliphatic carbocycles. The molecule has 0 unspecified atom stereocenters. The minimum absolute atomic E-state index is 0.288. The van der Waals surface area contributed by atoms with E-state index < -0.39 is 10.0 Å². The predicted octanol–water partition coefficient (Wildman–Crippen LogP) is 2.32. The van der Waals surface area contributed by atoms with E-state index in [0.717, 1.165) is 30.8 Å². The standard InChI is InChI=1S/C14H17N3O2S2/c1-17(8-12-9-20-10-16-12)21(18,19)13-5-4-11-3-2-6-15-14(11)7-13/h4-5,7,9-10,15H,2-3,6,8H2,1H3. The Morgan fingerprint density at radius 2 is 2.29 bits per heavy atom. The lowest BCUT2D eigenvalue weighted by atomic mass is 10.0. The van der Waals surface area contributed by atoms with Crippen LogP contribution in [-0.4, -0.2) is 31.3 Å². The highest BCUT2D eigenvalue weighted by Crippen LogP contribution is 2.26. The molecule has 1 N–H and O–H groups in total. The molecule has 0 atom stereocenters. The number of hydrogen-bond acceptors (Lipinski definition) is 5. The van der Waals surface area contributed by atoms with Crippen molar-refractivity contribution in [2.45, 2.75) is 24.3 Å². The number of rotatable bonds is 4. The molecular weight excluding hydrogens is 306 g/mol. The summed E-state index contributed by atoms with van der Waals surface area (Å²) >= 11 is 1.46. The summed E-state index contributed by atoms with van der Waals surface area (Å²) in [5, 5.41) is 5.13. The fourth-order valence-electron chi connectivity index (χ4n) is 2.41. The summed E-state index contributed by atoms with van der Waals surface area (Å²) in [4.78, 5) is 4.46. The molecule has 1 aromatic heterocycles. The van der Waals surface area contributed by atoms with Gasteiger partial charge in [0.25, 0.3) is 0 Å². The lowest BCUT2D eigenvalue weighted by Gasteiger charge is -2.21. The number of anilines is 1. The zero-order valence-corrected chi connectivity index (χ0v) is 13.4. The van der Waals surface area contributed by atoms with Gasteiger partial charge in [-0.15, -0.1) is 11.3 Å². The Labute approximate surface area is 128 Å². The van der Waals surface area contributed by atoms with Crippen molar-refractivity contribution in [3.8, 4) is 0 Å². The van der Waals surface area contributed by atoms with E-state index in [1.807, 2.05) is 11.4 Å². The summed E-state index contributed by atoms with van der Waals surface area (Å²) < 4.78 is 26.6. The Morgan fingerprint density at radius 3 is 3.05 bits per heavy atom. The Morgan fingerprint density at radius 1 is 1.43 bits per heavy atom. The molecule has 112 valence electrons. The molecular formula is C14H17N3O2S2. The number of sulfonamides is 1. The van der Waals surface area contributed by atoms with Crippen molar-refractivity contribution in [2.24, 2.45) is 0 Å². The predicted molar refractivity (Wildman–Crippen MR) is 84.0 cm³/mol. The monoisotopic (exact) mass is 323 g/mol. The molecule has 0 radical (unpaired) electrons. The van der Waals surface area contributed by atoms with Gasteiger partial charge < -0.3 is 5.32 Å². The summed E-state index contributed by atoms with van der Waals surface area (Å²) in [6.45, 7) is 1.18. The number of nitrogens with zero attached hydrogens (tertiary/aromatic N) is 2. The summed E-state index contributed by atoms with van der Waals surface area (Å²) in [6, 6.07) is 5.34. The largest absolute Gasteiger partial charge is 0.385 e. The second-order valence-electron chi connectivity index (χ2n) is 5.09. The molecule has 21 heavy (non-hydrogen) atoms. The van der Waals surface area contributed by atoms with Crippen LogP contribution in [0.25, 0.3) is 0 Å². The topological polar surface area (TPSA) is 62.3 Å². The summed E-state index contributed by atoms with van der Waals surface area (Å²) in [5.41, 5.74) is 4.59. The fourth-order valence-corrected chi connectivity index (χ4v) is 4.13. The van der Waals surface area contributed by atoms with Gasteiger partial charge in [-0.2, -0.15) is 4.31 Å². The maximum Gasteiger partial charge on any atom is 0.243 e. The number of thiazole rings is 1. The second kappa shape index (κ2) is 5.75.